The second kappa shape index (κ2) is 7.10. The molecule has 5 N–H and O–H groups in total. The van der Waals surface area contributed by atoms with Crippen LogP contribution in [0.15, 0.2) is 0 Å². The van der Waals surface area contributed by atoms with Crippen molar-refractivity contribution in [3.05, 3.63) is 0 Å². The minimum Gasteiger partial charge on any atom is -0.440 e. The van der Waals surface area contributed by atoms with E-state index in [1.54, 1.807) is 6.92 Å². The summed E-state index contributed by atoms with van der Waals surface area (Å²) in [7, 11) is 0. The van der Waals surface area contributed by atoms with E-state index in [1.807, 2.05) is 0 Å². The molecular formula is C7H15N3O4. The van der Waals surface area contributed by atoms with E-state index in [2.05, 4.69) is 15.8 Å². The quantitative estimate of drug-likeness (QED) is 0.457. The molecule has 0 bridgehead atoms. The van der Waals surface area contributed by atoms with Crippen LogP contribution in [-0.2, 0) is 14.3 Å². The summed E-state index contributed by atoms with van der Waals surface area (Å²) in [6, 6.07) is 0. The molecule has 0 aliphatic rings. The Kier molecular flexibility index (Phi) is 6.42. The van der Waals surface area contributed by atoms with Crippen LogP contribution in [0, 0.1) is 0 Å². The van der Waals surface area contributed by atoms with E-state index in [9.17, 15) is 9.59 Å². The predicted molar refractivity (Wildman–Crippen MR) is 48.1 cm³/mol. The number of carbonyl (C=O) groups excluding carboxylic acids is 2. The Balaban J connectivity index is 3.40. The van der Waals surface area contributed by atoms with Gasteiger partial charge in [0.05, 0.1) is 6.10 Å². The molecule has 0 radical (unpaired) electrons. The van der Waals surface area contributed by atoms with Gasteiger partial charge in [-0.15, -0.1) is 0 Å². The average Bonchev–Trinajstić information content (AvgIpc) is 2.14. The summed E-state index contributed by atoms with van der Waals surface area (Å²) < 4.78 is 9.27. The molecule has 2 amide bonds. The Hall–Kier alpha value is -1.34. The van der Waals surface area contributed by atoms with Gasteiger partial charge in [-0.1, -0.05) is 0 Å². The van der Waals surface area contributed by atoms with Crippen molar-refractivity contribution in [1.82, 2.24) is 5.32 Å². The van der Waals surface area contributed by atoms with Crippen LogP contribution in [0.4, 0.5) is 4.79 Å². The normalized spacial score (nSPS) is 11.9. The summed E-state index contributed by atoms with van der Waals surface area (Å²) in [6.07, 6.45) is -1.12. The first-order valence-corrected chi connectivity index (χ1v) is 4.07. The molecule has 0 aliphatic carbocycles. The highest BCUT2D eigenvalue weighted by Gasteiger charge is 2.04. The number of rotatable bonds is 6. The van der Waals surface area contributed by atoms with E-state index in [0.717, 1.165) is 0 Å². The monoisotopic (exact) mass is 205 g/mol. The Bertz CT molecular complexity index is 197. The number of hydrogen-bond acceptors (Lipinski definition) is 5. The van der Waals surface area contributed by atoms with Gasteiger partial charge in [-0.25, -0.2) is 4.79 Å². The van der Waals surface area contributed by atoms with Crippen molar-refractivity contribution < 1.29 is 19.1 Å². The van der Waals surface area contributed by atoms with Crippen LogP contribution in [0.1, 0.15) is 6.92 Å². The largest absolute Gasteiger partial charge is 0.440 e. The zero-order valence-electron chi connectivity index (χ0n) is 7.99. The third-order valence-corrected chi connectivity index (χ3v) is 1.31. The van der Waals surface area contributed by atoms with E-state index in [-0.39, 0.29) is 12.8 Å². The molecule has 14 heavy (non-hydrogen) atoms. The molecule has 0 aromatic carbocycles. The third kappa shape index (κ3) is 7.32. The van der Waals surface area contributed by atoms with Gasteiger partial charge < -0.3 is 26.3 Å². The molecule has 0 aliphatic heterocycles. The number of ether oxygens (including phenoxy) is 2. The van der Waals surface area contributed by atoms with Crippen molar-refractivity contribution in [2.24, 2.45) is 11.5 Å². The standard InChI is InChI=1S/C7H15N3O4/c1-5(2-8)14-4-10-6(11)3-13-7(9)12/h5H,2-4,8H2,1H3,(H2,9,12)(H,10,11)/t5-/m0/s1. The van der Waals surface area contributed by atoms with Gasteiger partial charge in [-0.05, 0) is 6.92 Å². The molecule has 0 heterocycles. The van der Waals surface area contributed by atoms with Crippen LogP contribution in [0.3, 0.4) is 0 Å². The highest BCUT2D eigenvalue weighted by Crippen LogP contribution is 1.84. The van der Waals surface area contributed by atoms with Crippen molar-refractivity contribution in [3.8, 4) is 0 Å². The molecule has 7 nitrogen and oxygen atoms in total. The Morgan fingerprint density at radius 2 is 2.14 bits per heavy atom. The van der Waals surface area contributed by atoms with Crippen LogP contribution in [0.25, 0.3) is 0 Å². The molecule has 0 saturated heterocycles. The van der Waals surface area contributed by atoms with Crippen LogP contribution in [0.5, 0.6) is 0 Å². The summed E-state index contributed by atoms with van der Waals surface area (Å²) in [5.41, 5.74) is 9.91. The predicted octanol–water partition coefficient (Wildman–Crippen LogP) is -1.48. The first-order chi connectivity index (χ1) is 6.56. The van der Waals surface area contributed by atoms with Gasteiger partial charge in [0.15, 0.2) is 6.61 Å². The first kappa shape index (κ1) is 12.7. The smallest absolute Gasteiger partial charge is 0.405 e. The Morgan fingerprint density at radius 3 is 2.64 bits per heavy atom. The minimum absolute atomic E-state index is 0.0271. The molecule has 0 fully saturated rings. The minimum atomic E-state index is -0.989. The Morgan fingerprint density at radius 1 is 1.50 bits per heavy atom. The highest BCUT2D eigenvalue weighted by molar-refractivity contribution is 5.79. The fourth-order valence-electron chi connectivity index (χ4n) is 0.520. The van der Waals surface area contributed by atoms with Gasteiger partial charge >= 0.3 is 6.09 Å². The fraction of sp³-hybridized carbons (Fsp3) is 0.714. The maximum absolute atomic E-state index is 10.9. The maximum atomic E-state index is 10.9. The fourth-order valence-corrected chi connectivity index (χ4v) is 0.520. The maximum Gasteiger partial charge on any atom is 0.405 e. The lowest BCUT2D eigenvalue weighted by molar-refractivity contribution is -0.126. The summed E-state index contributed by atoms with van der Waals surface area (Å²) >= 11 is 0. The van der Waals surface area contributed by atoms with Crippen LogP contribution >= 0.6 is 0 Å². The first-order valence-electron chi connectivity index (χ1n) is 4.07. The lowest BCUT2D eigenvalue weighted by Gasteiger charge is -2.10. The zero-order chi connectivity index (χ0) is 11.0. The number of primary amides is 1. The van der Waals surface area contributed by atoms with E-state index >= 15 is 0 Å². The summed E-state index contributed by atoms with van der Waals surface area (Å²) in [4.78, 5) is 21.0. The Labute approximate surface area is 81.7 Å². The third-order valence-electron chi connectivity index (χ3n) is 1.31. The number of nitrogens with one attached hydrogen (secondary N) is 1. The summed E-state index contributed by atoms with van der Waals surface area (Å²) in [6.45, 7) is 1.76. The molecule has 0 unspecified atom stereocenters. The van der Waals surface area contributed by atoms with E-state index in [0.29, 0.717) is 6.54 Å². The molecule has 7 heteroatoms. The molecule has 1 atom stereocenters. The van der Waals surface area contributed by atoms with Crippen molar-refractivity contribution in [2.45, 2.75) is 13.0 Å². The number of hydrogen-bond donors (Lipinski definition) is 3. The van der Waals surface area contributed by atoms with Crippen LogP contribution < -0.4 is 16.8 Å². The van der Waals surface area contributed by atoms with Crippen molar-refractivity contribution in [2.75, 3.05) is 19.9 Å². The summed E-state index contributed by atoms with van der Waals surface area (Å²) in [5, 5.41) is 2.35. The van der Waals surface area contributed by atoms with Gasteiger partial charge in [0.25, 0.3) is 5.91 Å². The topological polar surface area (TPSA) is 117 Å². The molecule has 0 aromatic heterocycles. The van der Waals surface area contributed by atoms with Crippen molar-refractivity contribution in [3.63, 3.8) is 0 Å². The van der Waals surface area contributed by atoms with E-state index < -0.39 is 18.6 Å². The number of amides is 2. The molecule has 0 rings (SSSR count). The lowest BCUT2D eigenvalue weighted by atomic mass is 10.4. The van der Waals surface area contributed by atoms with Crippen LogP contribution in [-0.4, -0.2) is 38.0 Å². The number of nitrogens with two attached hydrogens (primary N) is 2. The van der Waals surface area contributed by atoms with Gasteiger partial charge in [0.2, 0.25) is 0 Å². The molecular weight excluding hydrogens is 190 g/mol. The average molecular weight is 205 g/mol. The van der Waals surface area contributed by atoms with Gasteiger partial charge in [-0.3, -0.25) is 4.79 Å². The SMILES string of the molecule is C[C@@H](CN)OCNC(=O)COC(N)=O. The second-order valence-corrected chi connectivity index (χ2v) is 2.56. The van der Waals surface area contributed by atoms with Gasteiger partial charge in [-0.2, -0.15) is 0 Å². The van der Waals surface area contributed by atoms with Gasteiger partial charge in [0, 0.05) is 6.54 Å². The number of carbonyl (C=O) groups is 2. The van der Waals surface area contributed by atoms with Crippen molar-refractivity contribution >= 4 is 12.0 Å². The second-order valence-electron chi connectivity index (χ2n) is 2.56. The van der Waals surface area contributed by atoms with E-state index in [4.69, 9.17) is 10.5 Å². The summed E-state index contributed by atoms with van der Waals surface area (Å²) in [5.74, 6) is -0.479. The molecule has 82 valence electrons. The molecule has 0 saturated carbocycles. The lowest BCUT2D eigenvalue weighted by Crippen LogP contribution is -2.34. The molecule has 0 spiro atoms. The highest BCUT2D eigenvalue weighted by atomic mass is 16.5. The van der Waals surface area contributed by atoms with E-state index in [1.165, 1.54) is 0 Å². The van der Waals surface area contributed by atoms with Crippen LogP contribution in [0.2, 0.25) is 0 Å². The molecule has 0 aromatic rings. The zero-order valence-corrected chi connectivity index (χ0v) is 7.99. The van der Waals surface area contributed by atoms with Crippen molar-refractivity contribution in [1.29, 1.82) is 0 Å². The van der Waals surface area contributed by atoms with Gasteiger partial charge in [0.1, 0.15) is 6.73 Å².